The molecule has 2 amide bonds. The number of ether oxygens (including phenoxy) is 3. The molecule has 0 unspecified atom stereocenters. The van der Waals surface area contributed by atoms with Crippen LogP contribution in [0.15, 0.2) is 30.0 Å². The van der Waals surface area contributed by atoms with Gasteiger partial charge in [0.25, 0.3) is 0 Å². The minimum absolute atomic E-state index is 0.0771. The fourth-order valence-electron chi connectivity index (χ4n) is 2.57. The number of para-hydroxylation sites is 1. The van der Waals surface area contributed by atoms with Gasteiger partial charge in [-0.15, -0.1) is 0 Å². The van der Waals surface area contributed by atoms with E-state index >= 15 is 0 Å². The van der Waals surface area contributed by atoms with E-state index in [0.29, 0.717) is 17.7 Å². The molecule has 1 rings (SSSR count). The number of hydrogen-bond acceptors (Lipinski definition) is 6. The first-order chi connectivity index (χ1) is 14.0. The van der Waals surface area contributed by atoms with Crippen LogP contribution in [0.5, 0.6) is 5.75 Å². The van der Waals surface area contributed by atoms with Crippen LogP contribution >= 0.6 is 0 Å². The van der Waals surface area contributed by atoms with E-state index in [1.165, 1.54) is 20.3 Å². The Hall–Kier alpha value is -3.03. The van der Waals surface area contributed by atoms with Crippen LogP contribution in [-0.4, -0.2) is 43.8 Å². The highest BCUT2D eigenvalue weighted by atomic mass is 16.6. The van der Waals surface area contributed by atoms with Crippen LogP contribution in [0.25, 0.3) is 6.08 Å². The van der Waals surface area contributed by atoms with E-state index in [1.807, 2.05) is 13.8 Å². The summed E-state index contributed by atoms with van der Waals surface area (Å²) in [7, 11) is 2.72. The summed E-state index contributed by atoms with van der Waals surface area (Å²) in [6, 6.07) is 6.13. The van der Waals surface area contributed by atoms with Gasteiger partial charge in [-0.2, -0.15) is 0 Å². The molecule has 1 aromatic carbocycles. The Kier molecular flexibility index (Phi) is 9.36. The van der Waals surface area contributed by atoms with Crippen LogP contribution in [-0.2, 0) is 19.1 Å². The highest BCUT2D eigenvalue weighted by molar-refractivity contribution is 5.99. The van der Waals surface area contributed by atoms with E-state index in [9.17, 15) is 14.4 Å². The van der Waals surface area contributed by atoms with Gasteiger partial charge in [0.2, 0.25) is 5.91 Å². The molecule has 0 saturated carbocycles. The second-order valence-electron chi connectivity index (χ2n) is 8.11. The summed E-state index contributed by atoms with van der Waals surface area (Å²) in [6.07, 6.45) is 1.10. The third-order valence-electron chi connectivity index (χ3n) is 3.82. The first-order valence-corrected chi connectivity index (χ1v) is 9.70. The second kappa shape index (κ2) is 11.2. The molecule has 0 aliphatic carbocycles. The summed E-state index contributed by atoms with van der Waals surface area (Å²) < 4.78 is 15.3. The van der Waals surface area contributed by atoms with Gasteiger partial charge in [-0.25, -0.2) is 9.59 Å². The number of benzene rings is 1. The summed E-state index contributed by atoms with van der Waals surface area (Å²) in [6.45, 7) is 9.03. The summed E-state index contributed by atoms with van der Waals surface area (Å²) in [5.74, 6) is -0.648. The number of hydrogen-bond donors (Lipinski definition) is 2. The van der Waals surface area contributed by atoms with Crippen LogP contribution in [0.2, 0.25) is 0 Å². The zero-order valence-electron chi connectivity index (χ0n) is 18.7. The first kappa shape index (κ1) is 25.0. The number of methoxy groups -OCH3 is 2. The van der Waals surface area contributed by atoms with Crippen molar-refractivity contribution in [3.8, 4) is 5.75 Å². The normalized spacial score (nSPS) is 12.7. The van der Waals surface area contributed by atoms with Crippen molar-refractivity contribution in [1.29, 1.82) is 0 Å². The molecule has 0 saturated heterocycles. The summed E-state index contributed by atoms with van der Waals surface area (Å²) in [5.41, 5.74) is -0.197. The van der Waals surface area contributed by atoms with Gasteiger partial charge in [0.15, 0.2) is 0 Å². The molecule has 0 spiro atoms. The molecule has 0 aliphatic heterocycles. The lowest BCUT2D eigenvalue weighted by Gasteiger charge is -2.24. The average molecular weight is 421 g/mol. The maximum absolute atomic E-state index is 12.9. The van der Waals surface area contributed by atoms with Gasteiger partial charge < -0.3 is 24.8 Å². The van der Waals surface area contributed by atoms with Crippen molar-refractivity contribution >= 4 is 24.0 Å². The molecule has 2 N–H and O–H groups in total. The monoisotopic (exact) mass is 420 g/mol. The maximum atomic E-state index is 12.9. The fraction of sp³-hybridized carbons (Fsp3) is 0.500. The van der Waals surface area contributed by atoms with Crippen molar-refractivity contribution < 1.29 is 28.6 Å². The predicted octanol–water partition coefficient (Wildman–Crippen LogP) is 3.26. The lowest BCUT2D eigenvalue weighted by Crippen LogP contribution is -2.49. The predicted molar refractivity (Wildman–Crippen MR) is 114 cm³/mol. The van der Waals surface area contributed by atoms with Crippen molar-refractivity contribution in [3.05, 3.63) is 35.5 Å². The fourth-order valence-corrected chi connectivity index (χ4v) is 2.57. The van der Waals surface area contributed by atoms with Crippen LogP contribution in [0.3, 0.4) is 0 Å². The van der Waals surface area contributed by atoms with E-state index in [2.05, 4.69) is 10.6 Å². The third kappa shape index (κ3) is 8.55. The zero-order chi connectivity index (χ0) is 22.9. The molecule has 0 heterocycles. The molecule has 1 aromatic rings. The largest absolute Gasteiger partial charge is 0.496 e. The van der Waals surface area contributed by atoms with E-state index in [1.54, 1.807) is 45.0 Å². The number of carbonyl (C=O) groups excluding carboxylic acids is 3. The van der Waals surface area contributed by atoms with Crippen molar-refractivity contribution in [2.24, 2.45) is 5.92 Å². The molecule has 0 fully saturated rings. The zero-order valence-corrected chi connectivity index (χ0v) is 18.7. The molecule has 30 heavy (non-hydrogen) atoms. The van der Waals surface area contributed by atoms with E-state index in [0.717, 1.165) is 0 Å². The number of carbonyl (C=O) groups is 3. The Labute approximate surface area is 178 Å². The Morgan fingerprint density at radius 2 is 1.73 bits per heavy atom. The Balaban J connectivity index is 3.12. The quantitative estimate of drug-likeness (QED) is 0.494. The van der Waals surface area contributed by atoms with Crippen molar-refractivity contribution in [3.63, 3.8) is 0 Å². The van der Waals surface area contributed by atoms with Gasteiger partial charge in [0.1, 0.15) is 23.1 Å². The molecule has 8 heteroatoms. The van der Waals surface area contributed by atoms with E-state index < -0.39 is 29.6 Å². The Bertz CT molecular complexity index is 780. The van der Waals surface area contributed by atoms with Gasteiger partial charge in [0.05, 0.1) is 14.2 Å². The number of esters is 1. The maximum Gasteiger partial charge on any atom is 0.408 e. The molecule has 8 nitrogen and oxygen atoms in total. The summed E-state index contributed by atoms with van der Waals surface area (Å²) in [4.78, 5) is 37.3. The van der Waals surface area contributed by atoms with Gasteiger partial charge in [-0.1, -0.05) is 32.0 Å². The lowest BCUT2D eigenvalue weighted by molar-refractivity contribution is -0.137. The van der Waals surface area contributed by atoms with Gasteiger partial charge >= 0.3 is 12.1 Å². The van der Waals surface area contributed by atoms with Crippen LogP contribution in [0, 0.1) is 5.92 Å². The smallest absolute Gasteiger partial charge is 0.408 e. The first-order valence-electron chi connectivity index (χ1n) is 9.70. The SMILES string of the molecule is COC(=O)/C(=C\c1ccccc1OC)NC(=O)[C@H](CC(C)C)NC(=O)OC(C)(C)C. The third-order valence-corrected chi connectivity index (χ3v) is 3.82. The van der Waals surface area contributed by atoms with E-state index in [4.69, 9.17) is 14.2 Å². The van der Waals surface area contributed by atoms with E-state index in [-0.39, 0.29) is 11.6 Å². The molecular formula is C22H32N2O6. The Morgan fingerprint density at radius 3 is 2.27 bits per heavy atom. The van der Waals surface area contributed by atoms with Gasteiger partial charge in [-0.05, 0) is 45.3 Å². The average Bonchev–Trinajstić information content (AvgIpc) is 2.64. The molecule has 166 valence electrons. The number of rotatable bonds is 8. The molecular weight excluding hydrogens is 388 g/mol. The highest BCUT2D eigenvalue weighted by Gasteiger charge is 2.27. The number of nitrogens with one attached hydrogen (secondary N) is 2. The molecule has 0 radical (unpaired) electrons. The second-order valence-corrected chi connectivity index (χ2v) is 8.11. The van der Waals surface area contributed by atoms with Crippen molar-refractivity contribution in [2.45, 2.75) is 52.7 Å². The highest BCUT2D eigenvalue weighted by Crippen LogP contribution is 2.20. The Morgan fingerprint density at radius 1 is 1.10 bits per heavy atom. The number of alkyl carbamates (subject to hydrolysis) is 1. The molecule has 0 aromatic heterocycles. The van der Waals surface area contributed by atoms with Crippen LogP contribution in [0.1, 0.15) is 46.6 Å². The summed E-state index contributed by atoms with van der Waals surface area (Å²) >= 11 is 0. The van der Waals surface area contributed by atoms with Gasteiger partial charge in [-0.3, -0.25) is 4.79 Å². The number of amides is 2. The van der Waals surface area contributed by atoms with Crippen LogP contribution < -0.4 is 15.4 Å². The van der Waals surface area contributed by atoms with Crippen molar-refractivity contribution in [2.75, 3.05) is 14.2 Å². The minimum Gasteiger partial charge on any atom is -0.496 e. The van der Waals surface area contributed by atoms with Crippen LogP contribution in [0.4, 0.5) is 4.79 Å². The lowest BCUT2D eigenvalue weighted by atomic mass is 10.0. The van der Waals surface area contributed by atoms with Crippen molar-refractivity contribution in [1.82, 2.24) is 10.6 Å². The standard InChI is InChI=1S/C22H32N2O6/c1-14(2)12-16(24-21(27)30-22(3,4)5)19(25)23-17(20(26)29-7)13-15-10-8-9-11-18(15)28-6/h8-11,13-14,16H,12H2,1-7H3,(H,23,25)(H,24,27)/b17-13+/t16-/m0/s1. The minimum atomic E-state index is -0.898. The molecule has 1 atom stereocenters. The van der Waals surface area contributed by atoms with Gasteiger partial charge in [0, 0.05) is 5.56 Å². The molecule has 0 bridgehead atoms. The summed E-state index contributed by atoms with van der Waals surface area (Å²) in [5, 5.41) is 5.14. The topological polar surface area (TPSA) is 103 Å². The molecule has 0 aliphatic rings.